The Kier molecular flexibility index (Phi) is 7.03. The maximum Gasteiger partial charge on any atom is 0.417 e. The summed E-state index contributed by atoms with van der Waals surface area (Å²) in [5.74, 6) is 0. The van der Waals surface area contributed by atoms with E-state index < -0.39 is 28.0 Å². The molecular weight excluding hydrogens is 479 g/mol. The first-order valence-corrected chi connectivity index (χ1v) is 12.0. The van der Waals surface area contributed by atoms with Crippen LogP contribution in [0.15, 0.2) is 42.6 Å². The van der Waals surface area contributed by atoms with Crippen molar-refractivity contribution in [2.24, 2.45) is 0 Å². The number of hydrogen-bond donors (Lipinski definition) is 2. The molecule has 174 valence electrons. The number of aliphatic hydroxyl groups excluding tert-OH is 1. The predicted octanol–water partition coefficient (Wildman–Crippen LogP) is 3.62. The van der Waals surface area contributed by atoms with Crippen molar-refractivity contribution in [1.82, 2.24) is 14.7 Å². The quantitative estimate of drug-likeness (QED) is 0.479. The molecule has 1 unspecified atom stereocenters. The Morgan fingerprint density at radius 3 is 2.42 bits per heavy atom. The van der Waals surface area contributed by atoms with Crippen LogP contribution in [0.5, 0.6) is 0 Å². The SMILES string of the molecule is Cc1sc(N(Cc2ccc(C(F)(F)F)cn2)c2ccc(C#N)cc2)nc1C(O)NS(C)(=O)=O. The first-order valence-electron chi connectivity index (χ1n) is 9.30. The predicted molar refractivity (Wildman–Crippen MR) is 116 cm³/mol. The van der Waals surface area contributed by atoms with E-state index in [-0.39, 0.29) is 12.2 Å². The molecule has 0 amide bonds. The van der Waals surface area contributed by atoms with Crippen molar-refractivity contribution in [3.05, 3.63) is 70.0 Å². The number of nitriles is 1. The number of hydrogen-bond acceptors (Lipinski definition) is 8. The van der Waals surface area contributed by atoms with Gasteiger partial charge < -0.3 is 10.0 Å². The number of nitrogens with one attached hydrogen (secondary N) is 1. The van der Waals surface area contributed by atoms with E-state index >= 15 is 0 Å². The van der Waals surface area contributed by atoms with Crippen LogP contribution < -0.4 is 9.62 Å². The van der Waals surface area contributed by atoms with Crippen molar-refractivity contribution in [3.8, 4) is 6.07 Å². The molecule has 0 aliphatic carbocycles. The Bertz CT molecular complexity index is 1270. The van der Waals surface area contributed by atoms with Crippen LogP contribution in [-0.2, 0) is 22.7 Å². The normalized spacial score (nSPS) is 12.9. The molecule has 3 rings (SSSR count). The lowest BCUT2D eigenvalue weighted by Crippen LogP contribution is -2.28. The Morgan fingerprint density at radius 1 is 1.24 bits per heavy atom. The lowest BCUT2D eigenvalue weighted by atomic mass is 10.2. The van der Waals surface area contributed by atoms with Crippen molar-refractivity contribution in [1.29, 1.82) is 5.26 Å². The maximum atomic E-state index is 12.9. The third kappa shape index (κ3) is 6.26. The zero-order valence-corrected chi connectivity index (χ0v) is 19.0. The fourth-order valence-electron chi connectivity index (χ4n) is 2.85. The number of alkyl halides is 3. The van der Waals surface area contributed by atoms with Gasteiger partial charge in [0.05, 0.1) is 35.7 Å². The largest absolute Gasteiger partial charge is 0.417 e. The van der Waals surface area contributed by atoms with Crippen molar-refractivity contribution in [2.75, 3.05) is 11.2 Å². The molecular formula is C20H18F3N5O3S2. The van der Waals surface area contributed by atoms with Gasteiger partial charge in [-0.3, -0.25) is 4.98 Å². The van der Waals surface area contributed by atoms with Gasteiger partial charge in [0.25, 0.3) is 0 Å². The van der Waals surface area contributed by atoms with Crippen LogP contribution in [0.25, 0.3) is 0 Å². The summed E-state index contributed by atoms with van der Waals surface area (Å²) >= 11 is 1.16. The monoisotopic (exact) mass is 497 g/mol. The van der Waals surface area contributed by atoms with Crippen molar-refractivity contribution in [2.45, 2.75) is 25.9 Å². The highest BCUT2D eigenvalue weighted by atomic mass is 32.2. The number of halogens is 3. The summed E-state index contributed by atoms with van der Waals surface area (Å²) < 4.78 is 63.6. The maximum absolute atomic E-state index is 12.9. The van der Waals surface area contributed by atoms with Crippen LogP contribution >= 0.6 is 11.3 Å². The third-order valence-electron chi connectivity index (χ3n) is 4.42. The van der Waals surface area contributed by atoms with Gasteiger partial charge in [0.15, 0.2) is 11.4 Å². The van der Waals surface area contributed by atoms with E-state index in [1.165, 1.54) is 6.07 Å². The number of aryl methyl sites for hydroxylation is 1. The average molecular weight is 498 g/mol. The molecule has 3 aromatic rings. The molecule has 2 aromatic heterocycles. The fourth-order valence-corrected chi connectivity index (χ4v) is 4.33. The number of benzene rings is 1. The van der Waals surface area contributed by atoms with E-state index in [1.807, 2.05) is 6.07 Å². The summed E-state index contributed by atoms with van der Waals surface area (Å²) in [5, 5.41) is 19.6. The Morgan fingerprint density at radius 2 is 1.91 bits per heavy atom. The van der Waals surface area contributed by atoms with Crippen LogP contribution in [0.3, 0.4) is 0 Å². The van der Waals surface area contributed by atoms with Gasteiger partial charge in [0, 0.05) is 16.8 Å². The zero-order chi connectivity index (χ0) is 24.4. The molecule has 8 nitrogen and oxygen atoms in total. The van der Waals surface area contributed by atoms with Gasteiger partial charge in [-0.25, -0.2) is 13.4 Å². The van der Waals surface area contributed by atoms with Gasteiger partial charge in [0.1, 0.15) is 5.69 Å². The highest BCUT2D eigenvalue weighted by Crippen LogP contribution is 2.35. The zero-order valence-electron chi connectivity index (χ0n) is 17.3. The first kappa shape index (κ1) is 24.6. The van der Waals surface area contributed by atoms with Crippen molar-refractivity contribution >= 4 is 32.2 Å². The Labute approximate surface area is 192 Å². The van der Waals surface area contributed by atoms with Crippen molar-refractivity contribution in [3.63, 3.8) is 0 Å². The molecule has 1 aromatic carbocycles. The molecule has 2 heterocycles. The van der Waals surface area contributed by atoms with Crippen molar-refractivity contribution < 1.29 is 26.7 Å². The minimum Gasteiger partial charge on any atom is -0.372 e. The molecule has 0 spiro atoms. The number of thiazole rings is 1. The van der Waals surface area contributed by atoms with Gasteiger partial charge in [-0.2, -0.15) is 23.2 Å². The lowest BCUT2D eigenvalue weighted by molar-refractivity contribution is -0.137. The van der Waals surface area contributed by atoms with Crippen LogP contribution in [0, 0.1) is 18.3 Å². The molecule has 33 heavy (non-hydrogen) atoms. The number of pyridine rings is 1. The van der Waals surface area contributed by atoms with Gasteiger partial charge in [0.2, 0.25) is 10.0 Å². The molecule has 0 saturated carbocycles. The summed E-state index contributed by atoms with van der Waals surface area (Å²) in [6.45, 7) is 1.68. The second-order valence-corrected chi connectivity index (χ2v) is 9.97. The number of sulfonamides is 1. The fraction of sp³-hybridized carbons (Fsp3) is 0.250. The summed E-state index contributed by atoms with van der Waals surface area (Å²) in [7, 11) is -3.71. The lowest BCUT2D eigenvalue weighted by Gasteiger charge is -2.22. The van der Waals surface area contributed by atoms with E-state index in [0.717, 1.165) is 29.9 Å². The van der Waals surface area contributed by atoms with E-state index in [0.29, 0.717) is 27.0 Å². The van der Waals surface area contributed by atoms with Crippen LogP contribution in [-0.4, -0.2) is 29.7 Å². The standard InChI is InChI=1S/C20H18F3N5O3S2/c1-12-17(18(29)27-33(2,30)31)26-19(32-12)28(16-7-3-13(9-24)4-8-16)11-15-6-5-14(10-25-15)20(21,22)23/h3-8,10,18,27,29H,11H2,1-2H3. The van der Waals surface area contributed by atoms with E-state index in [9.17, 15) is 26.7 Å². The highest BCUT2D eigenvalue weighted by Gasteiger charge is 2.31. The minimum atomic E-state index is -4.51. The van der Waals surface area contributed by atoms with Crippen LogP contribution in [0.1, 0.15) is 33.6 Å². The molecule has 0 aliphatic rings. The average Bonchev–Trinajstić information content (AvgIpc) is 3.12. The third-order valence-corrected chi connectivity index (χ3v) is 6.08. The number of aromatic nitrogens is 2. The molecule has 0 fully saturated rings. The number of anilines is 2. The van der Waals surface area contributed by atoms with E-state index in [2.05, 4.69) is 14.7 Å². The van der Waals surface area contributed by atoms with Gasteiger partial charge >= 0.3 is 6.18 Å². The number of rotatable bonds is 7. The molecule has 13 heteroatoms. The number of aliphatic hydroxyl groups is 1. The van der Waals surface area contributed by atoms with Crippen LogP contribution in [0.4, 0.5) is 24.0 Å². The second-order valence-electron chi connectivity index (χ2n) is 7.01. The smallest absolute Gasteiger partial charge is 0.372 e. The van der Waals surface area contributed by atoms with Gasteiger partial charge in [-0.1, -0.05) is 0 Å². The Balaban J connectivity index is 1.99. The highest BCUT2D eigenvalue weighted by molar-refractivity contribution is 7.88. The summed E-state index contributed by atoms with van der Waals surface area (Å²) in [4.78, 5) is 10.4. The second kappa shape index (κ2) is 9.44. The van der Waals surface area contributed by atoms with Gasteiger partial charge in [-0.15, -0.1) is 11.3 Å². The van der Waals surface area contributed by atoms with E-state index in [1.54, 1.807) is 36.1 Å². The molecule has 0 radical (unpaired) electrons. The summed E-state index contributed by atoms with van der Waals surface area (Å²) in [6, 6.07) is 10.6. The minimum absolute atomic E-state index is 0.0338. The topological polar surface area (TPSA) is 119 Å². The molecule has 0 bridgehead atoms. The number of nitrogens with zero attached hydrogens (tertiary/aromatic N) is 4. The molecule has 1 atom stereocenters. The molecule has 0 aliphatic heterocycles. The summed E-state index contributed by atoms with van der Waals surface area (Å²) in [5.41, 5.74) is 0.520. The summed E-state index contributed by atoms with van der Waals surface area (Å²) in [6.07, 6.45) is -4.44. The molecule has 2 N–H and O–H groups in total. The Hall–Kier alpha value is -3.05. The first-order chi connectivity index (χ1) is 15.4. The van der Waals surface area contributed by atoms with Crippen LogP contribution in [0.2, 0.25) is 0 Å². The van der Waals surface area contributed by atoms with E-state index in [4.69, 9.17) is 5.26 Å². The molecule has 0 saturated heterocycles. The van der Waals surface area contributed by atoms with Gasteiger partial charge in [-0.05, 0) is 43.3 Å².